The number of unbranched alkanes of at least 4 members (excludes halogenated alkanes) is 1. The minimum Gasteiger partial charge on any atom is -0.393 e. The third kappa shape index (κ3) is 4.99. The number of carbonyl (C=O) groups is 1. The first kappa shape index (κ1) is 15.6. The number of hydrogen-bond donors (Lipinski definition) is 1. The molecule has 0 heterocycles. The number of rotatable bonds is 7. The second-order valence-electron chi connectivity index (χ2n) is 4.68. The Morgan fingerprint density at radius 3 is 2.58 bits per heavy atom. The number of benzene rings is 1. The Morgan fingerprint density at radius 1 is 1.32 bits per heavy atom. The predicted octanol–water partition coefficient (Wildman–Crippen LogP) is 2.91. The number of nitrogens with zero attached hydrogens (tertiary/aromatic N) is 1. The van der Waals surface area contributed by atoms with Crippen LogP contribution in [0.4, 0.5) is 0 Å². The smallest absolute Gasteiger partial charge is 0.254 e. The average Bonchev–Trinajstić information content (AvgIpc) is 2.38. The van der Waals surface area contributed by atoms with Crippen LogP contribution in [0.1, 0.15) is 42.1 Å². The molecular formula is C15H22N2OS. The highest BCUT2D eigenvalue weighted by Gasteiger charge is 2.16. The molecule has 1 aromatic rings. The van der Waals surface area contributed by atoms with Gasteiger partial charge in [-0.25, -0.2) is 0 Å². The summed E-state index contributed by atoms with van der Waals surface area (Å²) in [7, 11) is 0. The van der Waals surface area contributed by atoms with Crippen molar-refractivity contribution in [1.29, 1.82) is 0 Å². The van der Waals surface area contributed by atoms with Crippen molar-refractivity contribution in [2.75, 3.05) is 13.1 Å². The standard InChI is InChI=1S/C15H22N2OS/c1-3-4-10-17(11-9-14(16)19)15(18)13-8-6-5-7-12(13)2/h5-8H,3-4,9-11H2,1-2H3,(H2,16,19). The summed E-state index contributed by atoms with van der Waals surface area (Å²) in [5.41, 5.74) is 7.30. The zero-order valence-electron chi connectivity index (χ0n) is 11.7. The van der Waals surface area contributed by atoms with E-state index in [0.717, 1.165) is 30.5 Å². The van der Waals surface area contributed by atoms with Crippen molar-refractivity contribution in [1.82, 2.24) is 4.90 Å². The number of hydrogen-bond acceptors (Lipinski definition) is 2. The van der Waals surface area contributed by atoms with Crippen LogP contribution in [0.2, 0.25) is 0 Å². The molecule has 104 valence electrons. The Labute approximate surface area is 120 Å². The molecule has 0 unspecified atom stereocenters. The van der Waals surface area contributed by atoms with Gasteiger partial charge in [0.25, 0.3) is 5.91 Å². The van der Waals surface area contributed by atoms with Crippen LogP contribution in [0, 0.1) is 6.92 Å². The third-order valence-electron chi connectivity index (χ3n) is 3.07. The fraction of sp³-hybridized carbons (Fsp3) is 0.467. The van der Waals surface area contributed by atoms with Crippen molar-refractivity contribution in [3.05, 3.63) is 35.4 Å². The van der Waals surface area contributed by atoms with Crippen molar-refractivity contribution in [3.8, 4) is 0 Å². The van der Waals surface area contributed by atoms with Gasteiger partial charge in [0.1, 0.15) is 0 Å². The molecule has 0 saturated heterocycles. The Kier molecular flexibility index (Phi) is 6.50. The van der Waals surface area contributed by atoms with Crippen LogP contribution in [0.25, 0.3) is 0 Å². The summed E-state index contributed by atoms with van der Waals surface area (Å²) < 4.78 is 0. The number of thiocarbonyl (C=S) groups is 1. The van der Waals surface area contributed by atoms with E-state index in [4.69, 9.17) is 18.0 Å². The maximum Gasteiger partial charge on any atom is 0.254 e. The minimum absolute atomic E-state index is 0.0720. The summed E-state index contributed by atoms with van der Waals surface area (Å²) in [4.78, 5) is 14.8. The second kappa shape index (κ2) is 7.89. The zero-order chi connectivity index (χ0) is 14.3. The molecule has 0 radical (unpaired) electrons. The van der Waals surface area contributed by atoms with Gasteiger partial charge in [0.05, 0.1) is 4.99 Å². The van der Waals surface area contributed by atoms with Gasteiger partial charge < -0.3 is 10.6 Å². The van der Waals surface area contributed by atoms with Gasteiger partial charge in [-0.05, 0) is 25.0 Å². The summed E-state index contributed by atoms with van der Waals surface area (Å²) in [5, 5.41) is 0. The van der Waals surface area contributed by atoms with Crippen LogP contribution in [0.15, 0.2) is 24.3 Å². The highest BCUT2D eigenvalue weighted by Crippen LogP contribution is 2.12. The van der Waals surface area contributed by atoms with Crippen LogP contribution in [-0.2, 0) is 0 Å². The predicted molar refractivity (Wildman–Crippen MR) is 83.4 cm³/mol. The minimum atomic E-state index is 0.0720. The average molecular weight is 278 g/mol. The molecule has 0 fully saturated rings. The molecule has 0 spiro atoms. The molecule has 19 heavy (non-hydrogen) atoms. The topological polar surface area (TPSA) is 46.3 Å². The molecule has 0 atom stereocenters. The first-order chi connectivity index (χ1) is 9.06. The SMILES string of the molecule is CCCCN(CCC(N)=S)C(=O)c1ccccc1C. The molecule has 0 aliphatic heterocycles. The Hall–Kier alpha value is -1.42. The fourth-order valence-electron chi connectivity index (χ4n) is 1.89. The van der Waals surface area contributed by atoms with E-state index in [-0.39, 0.29) is 5.91 Å². The lowest BCUT2D eigenvalue weighted by molar-refractivity contribution is 0.0757. The van der Waals surface area contributed by atoms with Crippen LogP contribution >= 0.6 is 12.2 Å². The third-order valence-corrected chi connectivity index (χ3v) is 3.28. The van der Waals surface area contributed by atoms with Gasteiger partial charge in [0.15, 0.2) is 0 Å². The van der Waals surface area contributed by atoms with Crippen LogP contribution in [0.3, 0.4) is 0 Å². The van der Waals surface area contributed by atoms with E-state index in [0.29, 0.717) is 18.0 Å². The molecule has 1 rings (SSSR count). The van der Waals surface area contributed by atoms with Crippen LogP contribution in [-0.4, -0.2) is 28.9 Å². The molecule has 3 nitrogen and oxygen atoms in total. The first-order valence-electron chi connectivity index (χ1n) is 6.69. The number of amides is 1. The highest BCUT2D eigenvalue weighted by atomic mass is 32.1. The summed E-state index contributed by atoms with van der Waals surface area (Å²) in [6.45, 7) is 5.43. The van der Waals surface area contributed by atoms with E-state index in [9.17, 15) is 4.79 Å². The van der Waals surface area contributed by atoms with Gasteiger partial charge in [-0.3, -0.25) is 4.79 Å². The number of aryl methyl sites for hydroxylation is 1. The van der Waals surface area contributed by atoms with Crippen molar-refractivity contribution < 1.29 is 4.79 Å². The Bertz CT molecular complexity index is 446. The summed E-state index contributed by atoms with van der Waals surface area (Å²) in [6, 6.07) is 7.67. The summed E-state index contributed by atoms with van der Waals surface area (Å²) in [5.74, 6) is 0.0720. The lowest BCUT2D eigenvalue weighted by Gasteiger charge is -2.23. The Morgan fingerprint density at radius 2 is 2.00 bits per heavy atom. The fourth-order valence-corrected chi connectivity index (χ4v) is 1.98. The van der Waals surface area contributed by atoms with Gasteiger partial charge in [0, 0.05) is 25.1 Å². The molecular weight excluding hydrogens is 256 g/mol. The van der Waals surface area contributed by atoms with E-state index < -0.39 is 0 Å². The zero-order valence-corrected chi connectivity index (χ0v) is 12.5. The molecule has 4 heteroatoms. The van der Waals surface area contributed by atoms with E-state index in [2.05, 4.69) is 6.92 Å². The van der Waals surface area contributed by atoms with Crippen LogP contribution < -0.4 is 5.73 Å². The van der Waals surface area contributed by atoms with E-state index in [1.165, 1.54) is 0 Å². The molecule has 0 saturated carbocycles. The maximum atomic E-state index is 12.5. The first-order valence-corrected chi connectivity index (χ1v) is 7.10. The normalized spacial score (nSPS) is 10.2. The van der Waals surface area contributed by atoms with Crippen molar-refractivity contribution in [2.24, 2.45) is 5.73 Å². The Balaban J connectivity index is 2.81. The van der Waals surface area contributed by atoms with Crippen LogP contribution in [0.5, 0.6) is 0 Å². The van der Waals surface area contributed by atoms with Crippen molar-refractivity contribution >= 4 is 23.1 Å². The monoisotopic (exact) mass is 278 g/mol. The lowest BCUT2D eigenvalue weighted by Crippen LogP contribution is -2.35. The lowest BCUT2D eigenvalue weighted by atomic mass is 10.1. The van der Waals surface area contributed by atoms with E-state index in [1.807, 2.05) is 36.1 Å². The molecule has 0 bridgehead atoms. The number of carbonyl (C=O) groups excluding carboxylic acids is 1. The summed E-state index contributed by atoms with van der Waals surface area (Å²) >= 11 is 4.90. The van der Waals surface area contributed by atoms with Gasteiger partial charge in [-0.2, -0.15) is 0 Å². The molecule has 0 aliphatic carbocycles. The molecule has 2 N–H and O–H groups in total. The number of nitrogens with two attached hydrogens (primary N) is 1. The van der Waals surface area contributed by atoms with Crippen molar-refractivity contribution in [3.63, 3.8) is 0 Å². The molecule has 0 aliphatic rings. The summed E-state index contributed by atoms with van der Waals surface area (Å²) in [6.07, 6.45) is 2.64. The second-order valence-corrected chi connectivity index (χ2v) is 5.20. The molecule has 1 amide bonds. The largest absolute Gasteiger partial charge is 0.393 e. The van der Waals surface area contributed by atoms with Gasteiger partial charge in [0.2, 0.25) is 0 Å². The van der Waals surface area contributed by atoms with E-state index in [1.54, 1.807) is 0 Å². The van der Waals surface area contributed by atoms with Crippen molar-refractivity contribution in [2.45, 2.75) is 33.1 Å². The molecule has 1 aromatic carbocycles. The molecule has 0 aromatic heterocycles. The van der Waals surface area contributed by atoms with Gasteiger partial charge in [-0.15, -0.1) is 0 Å². The maximum absolute atomic E-state index is 12.5. The highest BCUT2D eigenvalue weighted by molar-refractivity contribution is 7.80. The van der Waals surface area contributed by atoms with Gasteiger partial charge in [-0.1, -0.05) is 43.8 Å². The van der Waals surface area contributed by atoms with Gasteiger partial charge >= 0.3 is 0 Å². The van der Waals surface area contributed by atoms with E-state index >= 15 is 0 Å². The quantitative estimate of drug-likeness (QED) is 0.780.